The van der Waals surface area contributed by atoms with E-state index in [1.165, 1.54) is 23.5 Å². The third kappa shape index (κ3) is 5.83. The quantitative estimate of drug-likeness (QED) is 0.453. The Hall–Kier alpha value is -2.91. The molecule has 0 atom stereocenters. The Balaban J connectivity index is 1.42. The van der Waals surface area contributed by atoms with Gasteiger partial charge in [-0.3, -0.25) is 4.79 Å². The lowest BCUT2D eigenvalue weighted by Gasteiger charge is -2.30. The van der Waals surface area contributed by atoms with Crippen molar-refractivity contribution in [2.24, 2.45) is 5.92 Å². The van der Waals surface area contributed by atoms with Crippen LogP contribution in [0.4, 0.5) is 0 Å². The van der Waals surface area contributed by atoms with Crippen molar-refractivity contribution in [1.29, 1.82) is 0 Å². The third-order valence-electron chi connectivity index (χ3n) is 5.05. The van der Waals surface area contributed by atoms with Crippen molar-refractivity contribution in [3.63, 3.8) is 0 Å². The molecular weight excluding hydrogens is 422 g/mol. The minimum Gasteiger partial charge on any atom is -0.497 e. The van der Waals surface area contributed by atoms with E-state index >= 15 is 0 Å². The molecular formula is C22H25NO7S. The van der Waals surface area contributed by atoms with Gasteiger partial charge in [0.2, 0.25) is 10.0 Å². The molecule has 0 bridgehead atoms. The Morgan fingerprint density at radius 3 is 2.16 bits per heavy atom. The van der Waals surface area contributed by atoms with E-state index in [2.05, 4.69) is 0 Å². The van der Waals surface area contributed by atoms with Gasteiger partial charge in [-0.25, -0.2) is 13.2 Å². The van der Waals surface area contributed by atoms with Crippen molar-refractivity contribution >= 4 is 22.0 Å². The third-order valence-corrected chi connectivity index (χ3v) is 6.97. The average molecular weight is 448 g/mol. The number of piperidine rings is 1. The van der Waals surface area contributed by atoms with Gasteiger partial charge in [0.1, 0.15) is 19.0 Å². The van der Waals surface area contributed by atoms with Crippen LogP contribution in [-0.2, 0) is 24.3 Å². The fraction of sp³-hybridized carbons (Fsp3) is 0.364. The topological polar surface area (TPSA) is 99.2 Å². The number of carbonyl (C=O) groups is 2. The molecule has 0 radical (unpaired) electrons. The number of nitrogens with zero attached hydrogens (tertiary/aromatic N) is 1. The van der Waals surface area contributed by atoms with Crippen LogP contribution in [0.25, 0.3) is 0 Å². The molecule has 9 heteroatoms. The first-order valence-corrected chi connectivity index (χ1v) is 11.4. The summed E-state index contributed by atoms with van der Waals surface area (Å²) >= 11 is 0. The first-order valence-electron chi connectivity index (χ1n) is 9.95. The molecule has 1 heterocycles. The van der Waals surface area contributed by atoms with Crippen molar-refractivity contribution in [1.82, 2.24) is 4.31 Å². The fourth-order valence-corrected chi connectivity index (χ4v) is 4.75. The molecule has 0 saturated carbocycles. The van der Waals surface area contributed by atoms with Gasteiger partial charge in [-0.15, -0.1) is 0 Å². The summed E-state index contributed by atoms with van der Waals surface area (Å²) in [6.45, 7) is 0.389. The zero-order valence-electron chi connectivity index (χ0n) is 17.2. The number of hydrogen-bond acceptors (Lipinski definition) is 7. The van der Waals surface area contributed by atoms with Gasteiger partial charge in [-0.1, -0.05) is 18.2 Å². The van der Waals surface area contributed by atoms with E-state index in [4.69, 9.17) is 14.2 Å². The van der Waals surface area contributed by atoms with E-state index in [0.29, 0.717) is 24.2 Å². The van der Waals surface area contributed by atoms with Crippen molar-refractivity contribution in [3.8, 4) is 5.75 Å². The van der Waals surface area contributed by atoms with Crippen LogP contribution in [0.15, 0.2) is 59.5 Å². The Bertz CT molecular complexity index is 982. The van der Waals surface area contributed by atoms with E-state index < -0.39 is 22.0 Å². The molecule has 0 aromatic heterocycles. The monoisotopic (exact) mass is 447 g/mol. The lowest BCUT2D eigenvalue weighted by Crippen LogP contribution is -2.40. The zero-order chi connectivity index (χ0) is 22.3. The summed E-state index contributed by atoms with van der Waals surface area (Å²) in [7, 11) is -2.11. The van der Waals surface area contributed by atoms with Crippen molar-refractivity contribution < 1.29 is 32.2 Å². The summed E-state index contributed by atoms with van der Waals surface area (Å²) in [5, 5.41) is 0. The molecule has 0 unspecified atom stereocenters. The highest BCUT2D eigenvalue weighted by Gasteiger charge is 2.32. The van der Waals surface area contributed by atoms with Crippen LogP contribution >= 0.6 is 0 Å². The normalized spacial score (nSPS) is 15.3. The summed E-state index contributed by atoms with van der Waals surface area (Å²) in [5.41, 5.74) is 0.430. The average Bonchev–Trinajstić information content (AvgIpc) is 2.82. The second-order valence-electron chi connectivity index (χ2n) is 7.02. The molecule has 0 aliphatic carbocycles. The molecule has 166 valence electrons. The molecule has 1 saturated heterocycles. The lowest BCUT2D eigenvalue weighted by molar-refractivity contribution is -0.150. The van der Waals surface area contributed by atoms with Crippen LogP contribution in [0.1, 0.15) is 23.2 Å². The maximum absolute atomic E-state index is 12.8. The molecule has 1 fully saturated rings. The molecule has 3 rings (SSSR count). The van der Waals surface area contributed by atoms with Gasteiger partial charge in [0, 0.05) is 13.1 Å². The van der Waals surface area contributed by atoms with Crippen molar-refractivity contribution in [2.75, 3.05) is 33.4 Å². The number of ether oxygens (including phenoxy) is 3. The molecule has 2 aromatic rings. The van der Waals surface area contributed by atoms with E-state index in [1.807, 2.05) is 0 Å². The highest BCUT2D eigenvalue weighted by atomic mass is 32.2. The van der Waals surface area contributed by atoms with Gasteiger partial charge in [-0.2, -0.15) is 4.31 Å². The summed E-state index contributed by atoms with van der Waals surface area (Å²) < 4.78 is 42.3. The standard InChI is InChI=1S/C22H25NO7S/c1-28-19-7-9-20(10-8-19)31(26,27)23-13-11-18(12-14-23)22(25)30-16-15-29-21(24)17-5-3-2-4-6-17/h2-10,18H,11-16H2,1H3. The molecule has 1 aliphatic rings. The van der Waals surface area contributed by atoms with Gasteiger partial charge in [0.05, 0.1) is 23.5 Å². The minimum absolute atomic E-state index is 0.0375. The summed E-state index contributed by atoms with van der Waals surface area (Å²) in [4.78, 5) is 24.3. The van der Waals surface area contributed by atoms with Gasteiger partial charge in [-0.05, 0) is 49.2 Å². The highest BCUT2D eigenvalue weighted by Crippen LogP contribution is 2.25. The van der Waals surface area contributed by atoms with Gasteiger partial charge < -0.3 is 14.2 Å². The molecule has 31 heavy (non-hydrogen) atoms. The van der Waals surface area contributed by atoms with Gasteiger partial charge >= 0.3 is 11.9 Å². The predicted octanol–water partition coefficient (Wildman–Crippen LogP) is 2.50. The van der Waals surface area contributed by atoms with Gasteiger partial charge in [0.15, 0.2) is 0 Å². The van der Waals surface area contributed by atoms with Gasteiger partial charge in [0.25, 0.3) is 0 Å². The largest absolute Gasteiger partial charge is 0.497 e. The summed E-state index contributed by atoms with van der Waals surface area (Å²) in [5.74, 6) is -0.687. The summed E-state index contributed by atoms with van der Waals surface area (Å²) in [6, 6.07) is 14.8. The first-order chi connectivity index (χ1) is 14.9. The maximum Gasteiger partial charge on any atom is 0.338 e. The zero-order valence-corrected chi connectivity index (χ0v) is 18.0. The highest BCUT2D eigenvalue weighted by molar-refractivity contribution is 7.89. The molecule has 0 amide bonds. The Morgan fingerprint density at radius 2 is 1.55 bits per heavy atom. The van der Waals surface area contributed by atoms with Crippen LogP contribution in [0, 0.1) is 5.92 Å². The second-order valence-corrected chi connectivity index (χ2v) is 8.96. The smallest absolute Gasteiger partial charge is 0.338 e. The van der Waals surface area contributed by atoms with E-state index in [9.17, 15) is 18.0 Å². The van der Waals surface area contributed by atoms with Crippen LogP contribution in [0.3, 0.4) is 0 Å². The van der Waals surface area contributed by atoms with Crippen LogP contribution in [-0.4, -0.2) is 58.1 Å². The maximum atomic E-state index is 12.8. The lowest BCUT2D eigenvalue weighted by atomic mass is 9.98. The molecule has 8 nitrogen and oxygen atoms in total. The number of sulfonamides is 1. The molecule has 0 spiro atoms. The van der Waals surface area contributed by atoms with E-state index in [-0.39, 0.29) is 37.1 Å². The van der Waals surface area contributed by atoms with Crippen LogP contribution < -0.4 is 4.74 Å². The van der Waals surface area contributed by atoms with Crippen LogP contribution in [0.2, 0.25) is 0 Å². The number of methoxy groups -OCH3 is 1. The van der Waals surface area contributed by atoms with Crippen LogP contribution in [0.5, 0.6) is 5.75 Å². The number of esters is 2. The number of benzene rings is 2. The minimum atomic E-state index is -3.62. The van der Waals surface area contributed by atoms with Crippen molar-refractivity contribution in [2.45, 2.75) is 17.7 Å². The Morgan fingerprint density at radius 1 is 0.935 bits per heavy atom. The predicted molar refractivity (Wildman–Crippen MR) is 112 cm³/mol. The SMILES string of the molecule is COc1ccc(S(=O)(=O)N2CCC(C(=O)OCCOC(=O)c3ccccc3)CC2)cc1. The van der Waals surface area contributed by atoms with E-state index in [1.54, 1.807) is 42.5 Å². The summed E-state index contributed by atoms with van der Waals surface area (Å²) in [6.07, 6.45) is 0.746. The molecule has 0 N–H and O–H groups in total. The number of rotatable bonds is 8. The Kier molecular flexibility index (Phi) is 7.64. The number of hydrogen-bond donors (Lipinski definition) is 0. The second kappa shape index (κ2) is 10.4. The van der Waals surface area contributed by atoms with Crippen molar-refractivity contribution in [3.05, 3.63) is 60.2 Å². The van der Waals surface area contributed by atoms with E-state index in [0.717, 1.165) is 0 Å². The first kappa shape index (κ1) is 22.8. The Labute approximate surface area is 181 Å². The fourth-order valence-electron chi connectivity index (χ4n) is 3.28. The number of carbonyl (C=O) groups excluding carboxylic acids is 2. The molecule has 2 aromatic carbocycles. The molecule has 1 aliphatic heterocycles.